The number of ether oxygens (including phenoxy) is 1. The van der Waals surface area contributed by atoms with Gasteiger partial charge in [0.2, 0.25) is 0 Å². The van der Waals surface area contributed by atoms with Gasteiger partial charge in [0.25, 0.3) is 0 Å². The Balaban J connectivity index is 1.91. The second kappa shape index (κ2) is 5.02. The maximum atomic E-state index is 11.4. The zero-order valence-electron chi connectivity index (χ0n) is 10.2. The first-order chi connectivity index (χ1) is 8.41. The van der Waals surface area contributed by atoms with Crippen LogP contribution in [0.15, 0.2) is 0 Å². The molecular weight excluding hydrogens is 260 g/mol. The van der Waals surface area contributed by atoms with Crippen LogP contribution in [0.1, 0.15) is 6.42 Å². The Labute approximate surface area is 106 Å². The van der Waals surface area contributed by atoms with E-state index in [1.165, 1.54) is 7.11 Å². The normalized spacial score (nSPS) is 35.6. The third-order valence-electron chi connectivity index (χ3n) is 3.49. The summed E-state index contributed by atoms with van der Waals surface area (Å²) in [4.78, 5) is 13.0. The van der Waals surface area contributed by atoms with Crippen molar-refractivity contribution in [3.63, 3.8) is 0 Å². The molecule has 18 heavy (non-hydrogen) atoms. The maximum absolute atomic E-state index is 11.4. The zero-order valence-corrected chi connectivity index (χ0v) is 11.0. The van der Waals surface area contributed by atoms with Crippen LogP contribution in [0.3, 0.4) is 0 Å². The topological polar surface area (TPSA) is 95.9 Å². The smallest absolute Gasteiger partial charge is 0.407 e. The molecule has 3 atom stereocenters. The number of alkyl carbamates (subject to hydrolysis) is 1. The fraction of sp³-hybridized carbons (Fsp3) is 0.900. The number of carbonyl (C=O) groups excluding carboxylic acids is 1. The molecule has 0 aromatic heterocycles. The van der Waals surface area contributed by atoms with Crippen LogP contribution in [0.5, 0.6) is 0 Å². The molecule has 7 nitrogen and oxygen atoms in total. The number of rotatable bonds is 2. The minimum atomic E-state index is -3.13. The van der Waals surface area contributed by atoms with Crippen molar-refractivity contribution in [1.29, 1.82) is 0 Å². The van der Waals surface area contributed by atoms with Crippen LogP contribution in [-0.4, -0.2) is 74.4 Å². The first-order valence-corrected chi connectivity index (χ1v) is 7.70. The predicted octanol–water partition coefficient (Wildman–Crippen LogP) is -1.43. The van der Waals surface area contributed by atoms with Gasteiger partial charge in [-0.2, -0.15) is 0 Å². The van der Waals surface area contributed by atoms with Gasteiger partial charge in [0.05, 0.1) is 30.8 Å². The van der Waals surface area contributed by atoms with E-state index in [2.05, 4.69) is 10.1 Å². The monoisotopic (exact) mass is 278 g/mol. The lowest BCUT2D eigenvalue weighted by Gasteiger charge is -2.25. The number of likely N-dealkylation sites (tertiary alicyclic amines) is 1. The summed E-state index contributed by atoms with van der Waals surface area (Å²) < 4.78 is 27.4. The molecule has 2 rings (SSSR count). The highest BCUT2D eigenvalue weighted by Crippen LogP contribution is 2.22. The van der Waals surface area contributed by atoms with Crippen LogP contribution in [0.25, 0.3) is 0 Å². The van der Waals surface area contributed by atoms with E-state index >= 15 is 0 Å². The van der Waals surface area contributed by atoms with E-state index in [-0.39, 0.29) is 23.6 Å². The number of hydrogen-bond acceptors (Lipinski definition) is 6. The summed E-state index contributed by atoms with van der Waals surface area (Å²) in [7, 11) is -1.83. The number of methoxy groups -OCH3 is 1. The number of aliphatic hydroxyl groups is 1. The fourth-order valence-corrected chi connectivity index (χ4v) is 4.42. The molecule has 2 fully saturated rings. The Hall–Kier alpha value is -0.860. The molecule has 2 heterocycles. The van der Waals surface area contributed by atoms with Gasteiger partial charge in [0, 0.05) is 19.1 Å². The SMILES string of the molecule is COC(=O)NC1CCN(C2CS(=O)(=O)CC2O)C1. The molecule has 0 aliphatic carbocycles. The lowest BCUT2D eigenvalue weighted by molar-refractivity contribution is 0.0970. The number of nitrogens with one attached hydrogen (secondary N) is 1. The van der Waals surface area contributed by atoms with E-state index in [0.717, 1.165) is 6.42 Å². The van der Waals surface area contributed by atoms with Crippen LogP contribution in [0.2, 0.25) is 0 Å². The first-order valence-electron chi connectivity index (χ1n) is 5.88. The molecule has 8 heteroatoms. The molecule has 0 aromatic rings. The summed E-state index contributed by atoms with van der Waals surface area (Å²) in [6, 6.07) is -0.396. The van der Waals surface area contributed by atoms with Gasteiger partial charge in [-0.3, -0.25) is 4.90 Å². The van der Waals surface area contributed by atoms with Gasteiger partial charge >= 0.3 is 6.09 Å². The van der Waals surface area contributed by atoms with Gasteiger partial charge in [-0.25, -0.2) is 13.2 Å². The van der Waals surface area contributed by atoms with Crippen molar-refractivity contribution < 1.29 is 23.1 Å². The summed E-state index contributed by atoms with van der Waals surface area (Å²) in [6.07, 6.45) is -0.577. The van der Waals surface area contributed by atoms with Crippen LogP contribution in [0.4, 0.5) is 4.79 Å². The van der Waals surface area contributed by atoms with Crippen molar-refractivity contribution in [2.24, 2.45) is 0 Å². The Morgan fingerprint density at radius 2 is 2.17 bits per heavy atom. The average Bonchev–Trinajstić information content (AvgIpc) is 2.82. The van der Waals surface area contributed by atoms with Gasteiger partial charge in [-0.1, -0.05) is 0 Å². The number of amides is 1. The van der Waals surface area contributed by atoms with E-state index in [9.17, 15) is 18.3 Å². The largest absolute Gasteiger partial charge is 0.453 e. The molecule has 2 saturated heterocycles. The van der Waals surface area contributed by atoms with Crippen molar-refractivity contribution in [3.05, 3.63) is 0 Å². The Kier molecular flexibility index (Phi) is 3.79. The molecule has 0 radical (unpaired) electrons. The van der Waals surface area contributed by atoms with E-state index in [4.69, 9.17) is 0 Å². The van der Waals surface area contributed by atoms with Crippen LogP contribution < -0.4 is 5.32 Å². The molecule has 2 N–H and O–H groups in total. The summed E-state index contributed by atoms with van der Waals surface area (Å²) in [5.41, 5.74) is 0. The van der Waals surface area contributed by atoms with E-state index in [1.54, 1.807) is 0 Å². The van der Waals surface area contributed by atoms with Crippen molar-refractivity contribution in [1.82, 2.24) is 10.2 Å². The highest BCUT2D eigenvalue weighted by molar-refractivity contribution is 7.91. The number of carbonyl (C=O) groups is 1. The number of hydrogen-bond donors (Lipinski definition) is 2. The van der Waals surface area contributed by atoms with Gasteiger partial charge < -0.3 is 15.2 Å². The van der Waals surface area contributed by atoms with Crippen molar-refractivity contribution in [3.8, 4) is 0 Å². The van der Waals surface area contributed by atoms with Crippen molar-refractivity contribution in [2.45, 2.75) is 24.6 Å². The lowest BCUT2D eigenvalue weighted by Crippen LogP contribution is -2.44. The summed E-state index contributed by atoms with van der Waals surface area (Å²) >= 11 is 0. The van der Waals surface area contributed by atoms with Crippen LogP contribution in [-0.2, 0) is 14.6 Å². The molecule has 2 aliphatic rings. The highest BCUT2D eigenvalue weighted by Gasteiger charge is 2.42. The number of nitrogens with zero attached hydrogens (tertiary/aromatic N) is 1. The van der Waals surface area contributed by atoms with Crippen molar-refractivity contribution in [2.75, 3.05) is 31.7 Å². The van der Waals surface area contributed by atoms with Gasteiger partial charge in [-0.15, -0.1) is 0 Å². The molecule has 2 aliphatic heterocycles. The third-order valence-corrected chi connectivity index (χ3v) is 5.19. The van der Waals surface area contributed by atoms with Crippen LogP contribution in [0, 0.1) is 0 Å². The van der Waals surface area contributed by atoms with E-state index in [1.807, 2.05) is 4.90 Å². The highest BCUT2D eigenvalue weighted by atomic mass is 32.2. The van der Waals surface area contributed by atoms with Crippen molar-refractivity contribution >= 4 is 15.9 Å². The van der Waals surface area contributed by atoms with Crippen LogP contribution >= 0.6 is 0 Å². The molecule has 0 saturated carbocycles. The Morgan fingerprint density at radius 3 is 2.72 bits per heavy atom. The van der Waals surface area contributed by atoms with Gasteiger partial charge in [0.15, 0.2) is 9.84 Å². The third kappa shape index (κ3) is 2.93. The molecule has 0 bridgehead atoms. The molecular formula is C10H18N2O5S. The fourth-order valence-electron chi connectivity index (χ4n) is 2.59. The standard InChI is InChI=1S/C10H18N2O5S/c1-17-10(14)11-7-2-3-12(4-7)8-5-18(15,16)6-9(8)13/h7-9,13H,2-6H2,1H3,(H,11,14). The maximum Gasteiger partial charge on any atom is 0.407 e. The Morgan fingerprint density at radius 1 is 1.44 bits per heavy atom. The summed E-state index contributed by atoms with van der Waals surface area (Å²) in [6.45, 7) is 1.22. The quantitative estimate of drug-likeness (QED) is 0.643. The number of aliphatic hydroxyl groups excluding tert-OH is 1. The van der Waals surface area contributed by atoms with Gasteiger partial charge in [-0.05, 0) is 6.42 Å². The molecule has 104 valence electrons. The predicted molar refractivity (Wildman–Crippen MR) is 64.0 cm³/mol. The van der Waals surface area contributed by atoms with E-state index < -0.39 is 22.0 Å². The minimum Gasteiger partial charge on any atom is -0.453 e. The first kappa shape index (κ1) is 13.6. The summed E-state index contributed by atoms with van der Waals surface area (Å²) in [5.74, 6) is -0.164. The molecule has 1 amide bonds. The minimum absolute atomic E-state index is 0.000882. The summed E-state index contributed by atoms with van der Waals surface area (Å²) in [5, 5.41) is 12.5. The second-order valence-electron chi connectivity index (χ2n) is 4.83. The van der Waals surface area contributed by atoms with Gasteiger partial charge in [0.1, 0.15) is 0 Å². The second-order valence-corrected chi connectivity index (χ2v) is 6.98. The molecule has 3 unspecified atom stereocenters. The Bertz CT molecular complexity index is 424. The molecule has 0 spiro atoms. The molecule has 0 aromatic carbocycles. The van der Waals surface area contributed by atoms with E-state index in [0.29, 0.717) is 13.1 Å². The average molecular weight is 278 g/mol. The lowest BCUT2D eigenvalue weighted by atomic mass is 10.2. The zero-order chi connectivity index (χ0) is 13.3. The number of sulfone groups is 1.